The minimum atomic E-state index is -1.96. The molecule has 188 valence electrons. The van der Waals surface area contributed by atoms with E-state index < -0.39 is 41.5 Å². The van der Waals surface area contributed by atoms with Crippen molar-refractivity contribution in [2.75, 3.05) is 13.7 Å². The predicted octanol–water partition coefficient (Wildman–Crippen LogP) is 2.04. The number of aliphatic hydroxyl groups is 2. The van der Waals surface area contributed by atoms with Crippen LogP contribution in [0.2, 0.25) is 0 Å². The number of aryl methyl sites for hydroxylation is 1. The topological polar surface area (TPSA) is 122 Å². The number of fused-ring (bicyclic) bond motifs is 5. The Morgan fingerprint density at radius 2 is 2.03 bits per heavy atom. The Hall–Kier alpha value is -3.63. The van der Waals surface area contributed by atoms with Gasteiger partial charge in [0, 0.05) is 29.6 Å². The van der Waals surface area contributed by atoms with Crippen molar-refractivity contribution in [3.05, 3.63) is 62.2 Å². The molecule has 10 heteroatoms. The van der Waals surface area contributed by atoms with Gasteiger partial charge in [0.2, 0.25) is 5.91 Å². The lowest BCUT2D eigenvalue weighted by Crippen LogP contribution is -2.44. The Labute approximate surface area is 205 Å². The lowest BCUT2D eigenvalue weighted by molar-refractivity contribution is -0.172. The van der Waals surface area contributed by atoms with Crippen LogP contribution in [0.5, 0.6) is 0 Å². The number of amides is 1. The summed E-state index contributed by atoms with van der Waals surface area (Å²) in [5.41, 5.74) is 0.908. The first kappa shape index (κ1) is 24.1. The van der Waals surface area contributed by atoms with Crippen LogP contribution in [0.3, 0.4) is 0 Å². The van der Waals surface area contributed by atoms with Crippen LogP contribution >= 0.6 is 0 Å². The van der Waals surface area contributed by atoms with E-state index in [1.807, 2.05) is 0 Å². The number of halogens is 1. The second-order valence-corrected chi connectivity index (χ2v) is 9.41. The number of likely N-dealkylation sites (N-methyl/N-ethyl adjacent to an activating group) is 1. The number of pyridine rings is 2. The number of hydrogen-bond donors (Lipinski definition) is 2. The molecule has 2 aromatic heterocycles. The summed E-state index contributed by atoms with van der Waals surface area (Å²) >= 11 is 0. The summed E-state index contributed by atoms with van der Waals surface area (Å²) in [6.07, 6.45) is 0.0145. The molecule has 4 heterocycles. The summed E-state index contributed by atoms with van der Waals surface area (Å²) in [6, 6.07) is 4.03. The van der Waals surface area contributed by atoms with Crippen LogP contribution in [0.1, 0.15) is 54.1 Å². The van der Waals surface area contributed by atoms with Gasteiger partial charge in [-0.05, 0) is 43.5 Å². The van der Waals surface area contributed by atoms with Crippen LogP contribution in [0.15, 0.2) is 23.0 Å². The molecule has 0 fully saturated rings. The molecule has 0 unspecified atom stereocenters. The van der Waals surface area contributed by atoms with E-state index >= 15 is 0 Å². The fourth-order valence-corrected chi connectivity index (χ4v) is 5.24. The van der Waals surface area contributed by atoms with E-state index in [1.54, 1.807) is 40.0 Å². The van der Waals surface area contributed by atoms with Crippen molar-refractivity contribution >= 4 is 22.8 Å². The van der Waals surface area contributed by atoms with Crippen LogP contribution < -0.4 is 5.56 Å². The van der Waals surface area contributed by atoms with Gasteiger partial charge in [-0.25, -0.2) is 14.2 Å². The van der Waals surface area contributed by atoms with Gasteiger partial charge in [-0.2, -0.15) is 0 Å². The first-order chi connectivity index (χ1) is 17.0. The monoisotopic (exact) mass is 495 g/mol. The second kappa shape index (κ2) is 8.21. The molecule has 0 bridgehead atoms. The summed E-state index contributed by atoms with van der Waals surface area (Å²) < 4.78 is 21.2. The fraction of sp³-hybridized carbons (Fsp3) is 0.385. The highest BCUT2D eigenvalue weighted by atomic mass is 19.1. The minimum absolute atomic E-state index is 0.0145. The molecule has 3 aromatic rings. The number of hydrogen-bond acceptors (Lipinski definition) is 7. The highest BCUT2D eigenvalue weighted by molar-refractivity contribution is 5.90. The van der Waals surface area contributed by atoms with E-state index in [2.05, 4.69) is 0 Å². The van der Waals surface area contributed by atoms with Crippen molar-refractivity contribution in [3.63, 3.8) is 0 Å². The van der Waals surface area contributed by atoms with Gasteiger partial charge in [0.1, 0.15) is 19.0 Å². The summed E-state index contributed by atoms with van der Waals surface area (Å²) in [5, 5.41) is 21.1. The van der Waals surface area contributed by atoms with Crippen molar-refractivity contribution in [1.82, 2.24) is 14.5 Å². The van der Waals surface area contributed by atoms with Crippen LogP contribution in [-0.2, 0) is 33.1 Å². The van der Waals surface area contributed by atoms with Gasteiger partial charge in [0.15, 0.2) is 5.60 Å². The molecule has 0 spiro atoms. The standard InChI is InChI=1S/C26H26FN3O6/c1-5-26(35)17-7-20-23-15(9-30(20)24(33)16(17)11-36-25(26)34)22(13(3)29(4)21(32)10-31)14-6-12(2)18(27)8-19(14)28-23/h6-8,13,31,35H,5,9-11H2,1-4H3/t13-,26-/m0/s1. The molecule has 0 aliphatic carbocycles. The van der Waals surface area contributed by atoms with Gasteiger partial charge in [0.25, 0.3) is 5.56 Å². The second-order valence-electron chi connectivity index (χ2n) is 9.41. The third-order valence-corrected chi connectivity index (χ3v) is 7.54. The first-order valence-corrected chi connectivity index (χ1v) is 11.7. The van der Waals surface area contributed by atoms with Crippen LogP contribution in [-0.4, -0.2) is 50.2 Å². The van der Waals surface area contributed by atoms with Crippen molar-refractivity contribution in [3.8, 4) is 11.4 Å². The van der Waals surface area contributed by atoms with Gasteiger partial charge < -0.3 is 24.4 Å². The number of esters is 1. The normalized spacial score (nSPS) is 18.9. The average molecular weight is 496 g/mol. The van der Waals surface area contributed by atoms with Gasteiger partial charge in [-0.15, -0.1) is 0 Å². The lowest BCUT2D eigenvalue weighted by Gasteiger charge is -2.31. The zero-order chi connectivity index (χ0) is 26.1. The van der Waals surface area contributed by atoms with Crippen LogP contribution in [0, 0.1) is 12.7 Å². The Morgan fingerprint density at radius 3 is 2.69 bits per heavy atom. The third-order valence-electron chi connectivity index (χ3n) is 7.54. The molecule has 2 aliphatic rings. The van der Waals surface area contributed by atoms with E-state index in [9.17, 15) is 29.0 Å². The number of nitrogens with zero attached hydrogens (tertiary/aromatic N) is 3. The summed E-state index contributed by atoms with van der Waals surface area (Å²) in [5.74, 6) is -1.76. The number of rotatable bonds is 4. The van der Waals surface area contributed by atoms with E-state index in [1.165, 1.54) is 15.5 Å². The van der Waals surface area contributed by atoms with E-state index in [0.29, 0.717) is 39.0 Å². The lowest BCUT2D eigenvalue weighted by atomic mass is 9.86. The van der Waals surface area contributed by atoms with Gasteiger partial charge in [-0.1, -0.05) is 6.92 Å². The van der Waals surface area contributed by atoms with Gasteiger partial charge in [0.05, 0.1) is 35.1 Å². The molecule has 0 saturated carbocycles. The largest absolute Gasteiger partial charge is 0.458 e. The third kappa shape index (κ3) is 3.21. The maximum absolute atomic E-state index is 14.6. The number of benzene rings is 1. The van der Waals surface area contributed by atoms with Crippen LogP contribution in [0.4, 0.5) is 4.39 Å². The van der Waals surface area contributed by atoms with Crippen molar-refractivity contribution in [2.45, 2.75) is 52.0 Å². The van der Waals surface area contributed by atoms with Crippen molar-refractivity contribution in [1.29, 1.82) is 0 Å². The SMILES string of the molecule is CC[C@@]1(O)C(=O)OCc2c1cc1n(c2=O)Cc2c-1nc1cc(F)c(C)cc1c2[C@H](C)N(C)C(=O)CO. The van der Waals surface area contributed by atoms with Crippen molar-refractivity contribution in [2.24, 2.45) is 0 Å². The number of aromatic nitrogens is 2. The Kier molecular flexibility index (Phi) is 5.49. The van der Waals surface area contributed by atoms with Gasteiger partial charge >= 0.3 is 5.97 Å². The number of carbonyl (C=O) groups is 2. The number of aliphatic hydroxyl groups excluding tert-OH is 1. The van der Waals surface area contributed by atoms with Gasteiger partial charge in [-0.3, -0.25) is 9.59 Å². The number of ether oxygens (including phenoxy) is 1. The van der Waals surface area contributed by atoms with Crippen LogP contribution in [0.25, 0.3) is 22.3 Å². The molecule has 0 radical (unpaired) electrons. The van der Waals surface area contributed by atoms with E-state index in [4.69, 9.17) is 9.72 Å². The summed E-state index contributed by atoms with van der Waals surface area (Å²) in [4.78, 5) is 44.4. The molecule has 2 N–H and O–H groups in total. The Morgan fingerprint density at radius 1 is 1.31 bits per heavy atom. The number of carbonyl (C=O) groups excluding carboxylic acids is 2. The smallest absolute Gasteiger partial charge is 0.343 e. The molecule has 9 nitrogen and oxygen atoms in total. The highest BCUT2D eigenvalue weighted by Crippen LogP contribution is 2.42. The van der Waals surface area contributed by atoms with E-state index in [0.717, 1.165) is 0 Å². The molecular formula is C26H26FN3O6. The Bertz CT molecular complexity index is 1530. The highest BCUT2D eigenvalue weighted by Gasteiger charge is 2.45. The summed E-state index contributed by atoms with van der Waals surface area (Å²) in [6.45, 7) is 4.27. The summed E-state index contributed by atoms with van der Waals surface area (Å²) in [7, 11) is 1.57. The van der Waals surface area contributed by atoms with E-state index in [-0.39, 0.29) is 30.7 Å². The molecule has 5 rings (SSSR count). The molecule has 1 aromatic carbocycles. The maximum atomic E-state index is 14.6. The zero-order valence-corrected chi connectivity index (χ0v) is 20.4. The predicted molar refractivity (Wildman–Crippen MR) is 127 cm³/mol. The Balaban J connectivity index is 1.83. The zero-order valence-electron chi connectivity index (χ0n) is 20.4. The minimum Gasteiger partial charge on any atom is -0.458 e. The average Bonchev–Trinajstić information content (AvgIpc) is 3.23. The first-order valence-electron chi connectivity index (χ1n) is 11.7. The molecule has 2 atom stereocenters. The van der Waals surface area contributed by atoms with Crippen molar-refractivity contribution < 1.29 is 28.9 Å². The molecule has 2 aliphatic heterocycles. The number of cyclic esters (lactones) is 1. The molecule has 0 saturated heterocycles. The molecule has 36 heavy (non-hydrogen) atoms. The molecular weight excluding hydrogens is 469 g/mol. The maximum Gasteiger partial charge on any atom is 0.343 e. The fourth-order valence-electron chi connectivity index (χ4n) is 5.24. The quantitative estimate of drug-likeness (QED) is 0.416. The molecule has 1 amide bonds.